The summed E-state index contributed by atoms with van der Waals surface area (Å²) in [5.74, 6) is 0. The molecular weight excluding hydrogens is 1010 g/mol. The molecule has 0 atom stereocenters. The van der Waals surface area contributed by atoms with Crippen LogP contribution >= 0.6 is 0 Å². The zero-order valence-corrected chi connectivity index (χ0v) is 40.8. The van der Waals surface area contributed by atoms with E-state index in [1.807, 2.05) is 41.5 Å². The molecular formula is C42H52Li4O18S6. The maximum atomic E-state index is 10.5. The van der Waals surface area contributed by atoms with Crippen LogP contribution in [0.25, 0.3) is 0 Å². The van der Waals surface area contributed by atoms with Crippen LogP contribution in [-0.2, 0) is 60.7 Å². The molecule has 0 heterocycles. The fourth-order valence-electron chi connectivity index (χ4n) is 4.26. The zero-order valence-electron chi connectivity index (χ0n) is 35.9. The predicted molar refractivity (Wildman–Crippen MR) is 275 cm³/mol. The summed E-state index contributed by atoms with van der Waals surface area (Å²) in [6, 6.07) is 35.9. The van der Waals surface area contributed by atoms with Crippen molar-refractivity contribution in [3.63, 3.8) is 0 Å². The molecule has 0 aliphatic rings. The van der Waals surface area contributed by atoms with Crippen molar-refractivity contribution in [1.82, 2.24) is 0 Å². The van der Waals surface area contributed by atoms with Crippen molar-refractivity contribution in [2.24, 2.45) is 0 Å². The zero-order chi connectivity index (χ0) is 50.9. The van der Waals surface area contributed by atoms with Crippen LogP contribution in [0.3, 0.4) is 0 Å². The van der Waals surface area contributed by atoms with Gasteiger partial charge in [0, 0.05) is 0 Å². The van der Waals surface area contributed by atoms with Crippen molar-refractivity contribution in [2.45, 2.75) is 70.9 Å². The Morgan fingerprint density at radius 2 is 0.271 bits per heavy atom. The van der Waals surface area contributed by atoms with E-state index in [1.54, 1.807) is 72.8 Å². The van der Waals surface area contributed by atoms with Gasteiger partial charge in [-0.25, -0.2) is 0 Å². The first-order valence-electron chi connectivity index (χ1n) is 18.2. The third kappa shape index (κ3) is 30.9. The van der Waals surface area contributed by atoms with Crippen LogP contribution in [0.2, 0.25) is 0 Å². The number of benzene rings is 6. The van der Waals surface area contributed by atoms with Gasteiger partial charge < -0.3 is 0 Å². The summed E-state index contributed by atoms with van der Waals surface area (Å²) in [5.41, 5.74) is 5.74. The maximum absolute atomic E-state index is 10.5. The summed E-state index contributed by atoms with van der Waals surface area (Å²) in [7, 11) is -24.1. The summed E-state index contributed by atoms with van der Waals surface area (Å²) in [6.45, 7) is 11.0. The Kier molecular flexibility index (Phi) is 34.1. The van der Waals surface area contributed by atoms with E-state index in [-0.39, 0.29) is 105 Å². The molecule has 0 aliphatic heterocycles. The van der Waals surface area contributed by atoms with E-state index >= 15 is 0 Å². The van der Waals surface area contributed by atoms with Crippen LogP contribution in [0, 0.1) is 41.5 Å². The molecule has 0 aliphatic carbocycles. The van der Waals surface area contributed by atoms with Crippen molar-refractivity contribution in [1.29, 1.82) is 0 Å². The molecule has 6 rings (SSSR count). The minimum absolute atomic E-state index is 0. The van der Waals surface area contributed by atoms with Gasteiger partial charge in [-0.15, -0.1) is 0 Å². The van der Waals surface area contributed by atoms with Crippen LogP contribution in [-0.4, -0.2) is 153 Å². The van der Waals surface area contributed by atoms with Crippen molar-refractivity contribution in [2.75, 3.05) is 0 Å². The van der Waals surface area contributed by atoms with E-state index in [0.717, 1.165) is 33.4 Å². The Morgan fingerprint density at radius 1 is 0.200 bits per heavy atom. The van der Waals surface area contributed by atoms with Gasteiger partial charge in [-0.1, -0.05) is 106 Å². The molecule has 0 radical (unpaired) electrons. The fraction of sp³-hybridized carbons (Fsp3) is 0.143. The van der Waals surface area contributed by atoms with Gasteiger partial charge in [0.05, 0.1) is 29.4 Å². The topological polar surface area (TPSA) is 326 Å². The van der Waals surface area contributed by atoms with Crippen molar-refractivity contribution < 1.29 is 77.8 Å². The van der Waals surface area contributed by atoms with Gasteiger partial charge in [-0.3, -0.25) is 27.3 Å². The Bertz CT molecular complexity index is 2610. The molecule has 70 heavy (non-hydrogen) atoms. The van der Waals surface area contributed by atoms with E-state index in [1.165, 1.54) is 72.8 Å². The van der Waals surface area contributed by atoms with E-state index in [9.17, 15) is 50.5 Å². The molecule has 0 aromatic heterocycles. The van der Waals surface area contributed by atoms with Gasteiger partial charge in [0.15, 0.2) is 0 Å². The molecule has 0 saturated heterocycles. The van der Waals surface area contributed by atoms with E-state index in [2.05, 4.69) is 0 Å². The predicted octanol–water partition coefficient (Wildman–Crippen LogP) is 4.86. The summed E-state index contributed by atoms with van der Waals surface area (Å²) in [6.07, 6.45) is 0. The van der Waals surface area contributed by atoms with Crippen LogP contribution in [0.1, 0.15) is 33.4 Å². The van der Waals surface area contributed by atoms with Gasteiger partial charge in [-0.2, -0.15) is 50.5 Å². The fourth-order valence-corrected chi connectivity index (χ4v) is 7.14. The van der Waals surface area contributed by atoms with Crippen LogP contribution in [0.5, 0.6) is 0 Å². The molecule has 6 aromatic rings. The molecule has 18 nitrogen and oxygen atoms in total. The van der Waals surface area contributed by atoms with E-state index in [4.69, 9.17) is 27.3 Å². The van der Waals surface area contributed by atoms with Gasteiger partial charge >= 0.3 is 75.4 Å². The quantitative estimate of drug-likeness (QED) is 0.0958. The molecule has 28 heteroatoms. The molecule has 0 spiro atoms. The SMILES string of the molecule is Cc1ccc(S(=O)(=O)O)cc1.Cc1ccc(S(=O)(=O)O)cc1.Cc1ccc(S(=O)(=O)O)cc1.Cc1ccc(S(=O)(=O)O)cc1.Cc1ccc(S(=O)(=O)O)cc1.Cc1ccc(S(=O)(=O)O)cc1.[LiH].[LiH].[LiH].[LiH]. The van der Waals surface area contributed by atoms with Crippen molar-refractivity contribution in [3.05, 3.63) is 179 Å². The summed E-state index contributed by atoms with van der Waals surface area (Å²) < 4.78 is 177. The van der Waals surface area contributed by atoms with Gasteiger partial charge in [0.25, 0.3) is 60.7 Å². The molecule has 0 amide bonds. The van der Waals surface area contributed by atoms with Crippen molar-refractivity contribution in [3.8, 4) is 0 Å². The average molecular weight is 1070 g/mol. The Labute approximate surface area is 459 Å². The molecule has 6 aromatic carbocycles. The number of hydrogen-bond acceptors (Lipinski definition) is 12. The number of rotatable bonds is 6. The Balaban J connectivity index is -0.000000369. The molecule has 6 N–H and O–H groups in total. The first-order chi connectivity index (χ1) is 30.0. The van der Waals surface area contributed by atoms with Crippen LogP contribution in [0.15, 0.2) is 175 Å². The van der Waals surface area contributed by atoms with E-state index < -0.39 is 60.7 Å². The standard InChI is InChI=1S/6C7H8O3S.4Li.4H/c6*1-6-2-4-7(5-3-6)11(8,9)10;;;;;;;;/h6*2-5H,1H3,(H,8,9,10);;;;;;;;. The molecule has 0 fully saturated rings. The first-order valence-corrected chi connectivity index (χ1v) is 26.9. The number of hydrogen-bond donors (Lipinski definition) is 6. The number of aryl methyl sites for hydroxylation is 6. The summed E-state index contributed by atoms with van der Waals surface area (Å²) >= 11 is 0. The second-order valence-electron chi connectivity index (χ2n) is 13.7. The Morgan fingerprint density at radius 3 is 0.329 bits per heavy atom. The Hall–Kier alpha value is -2.83. The summed E-state index contributed by atoms with van der Waals surface area (Å²) in [5, 5.41) is 0. The molecule has 0 saturated carbocycles. The van der Waals surface area contributed by atoms with Gasteiger partial charge in [0.1, 0.15) is 0 Å². The third-order valence-electron chi connectivity index (χ3n) is 7.91. The molecule has 0 bridgehead atoms. The molecule has 0 unspecified atom stereocenters. The second-order valence-corrected chi connectivity index (χ2v) is 22.3. The normalized spacial score (nSPS) is 10.8. The van der Waals surface area contributed by atoms with Crippen LogP contribution < -0.4 is 0 Å². The minimum atomic E-state index is -4.02. The summed E-state index contributed by atoms with van der Waals surface area (Å²) in [4.78, 5) is -0.399. The van der Waals surface area contributed by atoms with E-state index in [0.29, 0.717) is 0 Å². The van der Waals surface area contributed by atoms with Gasteiger partial charge in [0.2, 0.25) is 0 Å². The monoisotopic (exact) mass is 1060 g/mol. The molecule has 368 valence electrons. The van der Waals surface area contributed by atoms with Crippen LogP contribution in [0.4, 0.5) is 0 Å². The second kappa shape index (κ2) is 32.4. The third-order valence-corrected chi connectivity index (χ3v) is 13.1. The van der Waals surface area contributed by atoms with Crippen molar-refractivity contribution >= 4 is 136 Å². The van der Waals surface area contributed by atoms with Gasteiger partial charge in [-0.05, 0) is 114 Å². The first kappa shape index (κ1) is 73.7. The average Bonchev–Trinajstić information content (AvgIpc) is 3.18.